The molecule has 6 nitrogen and oxygen atoms in total. The first-order valence-electron chi connectivity index (χ1n) is 12.0. The molecule has 1 aliphatic rings. The summed E-state index contributed by atoms with van der Waals surface area (Å²) in [6.45, 7) is 0.407. The van der Waals surface area contributed by atoms with Crippen molar-refractivity contribution in [1.29, 1.82) is 0 Å². The van der Waals surface area contributed by atoms with E-state index in [-0.39, 0.29) is 22.3 Å². The molecule has 1 atom stereocenters. The standard InChI is InChI=1S/C31H22FNO5/c1-36-23-14-10-22(11-15-23)33-28(20-7-12-24(13-8-20)37-18-19-5-3-2-4-6-19)27-29(34)25-17-21(32)9-16-26(25)38-30(27)31(33)35/h2-17,28H,18H2,1H3. The molecule has 0 radical (unpaired) electrons. The van der Waals surface area contributed by atoms with Crippen molar-refractivity contribution in [1.82, 2.24) is 0 Å². The third kappa shape index (κ3) is 4.08. The molecule has 4 aromatic carbocycles. The van der Waals surface area contributed by atoms with Gasteiger partial charge >= 0.3 is 0 Å². The Hall–Kier alpha value is -4.91. The molecule has 6 rings (SSSR count). The SMILES string of the molecule is COc1ccc(N2C(=O)c3oc4ccc(F)cc4c(=O)c3C2c2ccc(OCc3ccccc3)cc2)cc1. The number of hydrogen-bond acceptors (Lipinski definition) is 5. The number of nitrogens with zero attached hydrogens (tertiary/aromatic N) is 1. The van der Waals surface area contributed by atoms with Gasteiger partial charge in [-0.15, -0.1) is 0 Å². The van der Waals surface area contributed by atoms with E-state index in [1.54, 1.807) is 43.5 Å². The summed E-state index contributed by atoms with van der Waals surface area (Å²) in [5, 5.41) is 0.0842. The Morgan fingerprint density at radius 3 is 2.29 bits per heavy atom. The first kappa shape index (κ1) is 23.5. The van der Waals surface area contributed by atoms with Gasteiger partial charge in [0.25, 0.3) is 5.91 Å². The molecule has 2 heterocycles. The van der Waals surface area contributed by atoms with Crippen molar-refractivity contribution in [2.24, 2.45) is 0 Å². The zero-order chi connectivity index (χ0) is 26.2. The first-order valence-corrected chi connectivity index (χ1v) is 12.0. The van der Waals surface area contributed by atoms with Crippen molar-refractivity contribution >= 4 is 22.6 Å². The molecular formula is C31H22FNO5. The number of benzene rings is 4. The molecule has 0 bridgehead atoms. The van der Waals surface area contributed by atoms with E-state index in [4.69, 9.17) is 13.9 Å². The van der Waals surface area contributed by atoms with E-state index >= 15 is 0 Å². The summed E-state index contributed by atoms with van der Waals surface area (Å²) in [7, 11) is 1.56. The van der Waals surface area contributed by atoms with Crippen LogP contribution in [-0.4, -0.2) is 13.0 Å². The maximum absolute atomic E-state index is 14.0. The van der Waals surface area contributed by atoms with Gasteiger partial charge in [-0.05, 0) is 65.7 Å². The minimum Gasteiger partial charge on any atom is -0.497 e. The second-order valence-corrected chi connectivity index (χ2v) is 8.93. The fourth-order valence-electron chi connectivity index (χ4n) is 4.76. The van der Waals surface area contributed by atoms with Crippen LogP contribution in [0.1, 0.15) is 33.3 Å². The zero-order valence-corrected chi connectivity index (χ0v) is 20.4. The monoisotopic (exact) mass is 507 g/mol. The van der Waals surface area contributed by atoms with E-state index in [0.717, 1.165) is 11.6 Å². The molecule has 1 aromatic heterocycles. The lowest BCUT2D eigenvalue weighted by Crippen LogP contribution is -2.29. The van der Waals surface area contributed by atoms with Crippen LogP contribution in [0.5, 0.6) is 11.5 Å². The van der Waals surface area contributed by atoms with Gasteiger partial charge in [0, 0.05) is 5.69 Å². The molecule has 0 saturated heterocycles. The number of halogens is 1. The van der Waals surface area contributed by atoms with Crippen molar-refractivity contribution < 1.29 is 23.1 Å². The summed E-state index contributed by atoms with van der Waals surface area (Å²) in [5.74, 6) is 0.204. The molecule has 7 heteroatoms. The topological polar surface area (TPSA) is 69.0 Å². The highest BCUT2D eigenvalue weighted by Gasteiger charge is 2.43. The van der Waals surface area contributed by atoms with Gasteiger partial charge in [-0.2, -0.15) is 0 Å². The van der Waals surface area contributed by atoms with Gasteiger partial charge < -0.3 is 13.9 Å². The van der Waals surface area contributed by atoms with E-state index in [0.29, 0.717) is 29.4 Å². The fraction of sp³-hybridized carbons (Fsp3) is 0.0968. The number of methoxy groups -OCH3 is 1. The lowest BCUT2D eigenvalue weighted by atomic mass is 9.98. The second kappa shape index (κ2) is 9.52. The lowest BCUT2D eigenvalue weighted by molar-refractivity contribution is 0.0971. The number of ether oxygens (including phenoxy) is 2. The summed E-state index contributed by atoms with van der Waals surface area (Å²) in [4.78, 5) is 28.9. The van der Waals surface area contributed by atoms with E-state index in [1.807, 2.05) is 42.5 Å². The molecule has 5 aromatic rings. The highest BCUT2D eigenvalue weighted by molar-refractivity contribution is 6.10. The maximum Gasteiger partial charge on any atom is 0.295 e. The van der Waals surface area contributed by atoms with Gasteiger partial charge in [0.05, 0.1) is 24.1 Å². The molecule has 0 aliphatic carbocycles. The van der Waals surface area contributed by atoms with Gasteiger partial charge in [-0.25, -0.2) is 4.39 Å². The number of anilines is 1. The zero-order valence-electron chi connectivity index (χ0n) is 20.4. The molecule has 0 spiro atoms. The van der Waals surface area contributed by atoms with Crippen molar-refractivity contribution in [2.75, 3.05) is 12.0 Å². The summed E-state index contributed by atoms with van der Waals surface area (Å²) in [6, 6.07) is 26.9. The van der Waals surface area contributed by atoms with E-state index in [2.05, 4.69) is 0 Å². The maximum atomic E-state index is 14.0. The van der Waals surface area contributed by atoms with E-state index in [1.165, 1.54) is 17.0 Å². The van der Waals surface area contributed by atoms with Crippen molar-refractivity contribution in [3.63, 3.8) is 0 Å². The average molecular weight is 508 g/mol. The quantitative estimate of drug-likeness (QED) is 0.271. The Balaban J connectivity index is 1.44. The summed E-state index contributed by atoms with van der Waals surface area (Å²) in [6.07, 6.45) is 0. The molecule has 1 amide bonds. The number of fused-ring (bicyclic) bond motifs is 2. The van der Waals surface area contributed by atoms with Crippen LogP contribution < -0.4 is 19.8 Å². The van der Waals surface area contributed by atoms with Crippen LogP contribution in [-0.2, 0) is 6.61 Å². The van der Waals surface area contributed by atoms with Gasteiger partial charge in [-0.3, -0.25) is 14.5 Å². The smallest absolute Gasteiger partial charge is 0.295 e. The Bertz CT molecular complexity index is 1700. The Labute approximate surface area is 217 Å². The van der Waals surface area contributed by atoms with Crippen LogP contribution in [0, 0.1) is 5.82 Å². The summed E-state index contributed by atoms with van der Waals surface area (Å²) >= 11 is 0. The normalized spacial score (nSPS) is 14.5. The first-order chi connectivity index (χ1) is 18.5. The van der Waals surface area contributed by atoms with Gasteiger partial charge in [-0.1, -0.05) is 42.5 Å². The number of hydrogen-bond donors (Lipinski definition) is 0. The Morgan fingerprint density at radius 1 is 0.868 bits per heavy atom. The molecule has 1 unspecified atom stereocenters. The number of rotatable bonds is 6. The highest BCUT2D eigenvalue weighted by atomic mass is 19.1. The van der Waals surface area contributed by atoms with Crippen molar-refractivity contribution in [2.45, 2.75) is 12.6 Å². The third-order valence-electron chi connectivity index (χ3n) is 6.63. The number of amides is 1. The lowest BCUT2D eigenvalue weighted by Gasteiger charge is -2.25. The van der Waals surface area contributed by atoms with E-state index in [9.17, 15) is 14.0 Å². The Kier molecular flexibility index (Phi) is 5.88. The van der Waals surface area contributed by atoms with Crippen molar-refractivity contribution in [3.8, 4) is 11.5 Å². The molecule has 0 N–H and O–H groups in total. The predicted molar refractivity (Wildman–Crippen MR) is 141 cm³/mol. The van der Waals surface area contributed by atoms with Crippen LogP contribution >= 0.6 is 0 Å². The molecular weight excluding hydrogens is 485 g/mol. The van der Waals surface area contributed by atoms with Crippen LogP contribution in [0.3, 0.4) is 0 Å². The predicted octanol–water partition coefficient (Wildman–Crippen LogP) is 6.27. The highest BCUT2D eigenvalue weighted by Crippen LogP contribution is 2.42. The van der Waals surface area contributed by atoms with Gasteiger partial charge in [0.15, 0.2) is 5.43 Å². The summed E-state index contributed by atoms with van der Waals surface area (Å²) < 4.78 is 31.1. The van der Waals surface area contributed by atoms with Crippen LogP contribution in [0.2, 0.25) is 0 Å². The summed E-state index contributed by atoms with van der Waals surface area (Å²) in [5.41, 5.74) is 2.16. The molecule has 188 valence electrons. The number of carbonyl (C=O) groups is 1. The Morgan fingerprint density at radius 2 is 1.58 bits per heavy atom. The second-order valence-electron chi connectivity index (χ2n) is 8.93. The molecule has 0 saturated carbocycles. The number of carbonyl (C=O) groups excluding carboxylic acids is 1. The largest absolute Gasteiger partial charge is 0.497 e. The minimum atomic E-state index is -0.780. The van der Waals surface area contributed by atoms with Crippen LogP contribution in [0.15, 0.2) is 106 Å². The van der Waals surface area contributed by atoms with Gasteiger partial charge in [0.2, 0.25) is 5.76 Å². The van der Waals surface area contributed by atoms with Crippen molar-refractivity contribution in [3.05, 3.63) is 136 Å². The third-order valence-corrected chi connectivity index (χ3v) is 6.63. The molecule has 1 aliphatic heterocycles. The van der Waals surface area contributed by atoms with E-state index < -0.39 is 23.2 Å². The minimum absolute atomic E-state index is 0.0562. The molecule has 0 fully saturated rings. The molecule has 38 heavy (non-hydrogen) atoms. The average Bonchev–Trinajstić information content (AvgIpc) is 3.25. The van der Waals surface area contributed by atoms with Gasteiger partial charge in [0.1, 0.15) is 29.5 Å². The fourth-order valence-corrected chi connectivity index (χ4v) is 4.76. The van der Waals surface area contributed by atoms with Crippen LogP contribution in [0.4, 0.5) is 10.1 Å². The van der Waals surface area contributed by atoms with Crippen LogP contribution in [0.25, 0.3) is 11.0 Å².